The van der Waals surface area contributed by atoms with Gasteiger partial charge in [0.25, 0.3) is 0 Å². The Morgan fingerprint density at radius 3 is 2.78 bits per heavy atom. The molecule has 0 aliphatic heterocycles. The maximum atomic E-state index is 12.0. The van der Waals surface area contributed by atoms with E-state index in [9.17, 15) is 18.0 Å². The fourth-order valence-corrected chi connectivity index (χ4v) is 2.70. The lowest BCUT2D eigenvalue weighted by molar-refractivity contribution is -0.201. The standard InChI is InChI=1S/C12H9F3O2S/c1-7-3-2-4-9-10(7)8(6-18-9)5-17-11(16)12(13,14)15/h2-4,6H,5H2,1H3. The van der Waals surface area contributed by atoms with Crippen LogP contribution in [-0.4, -0.2) is 12.1 Å². The van der Waals surface area contributed by atoms with Crippen LogP contribution in [0.2, 0.25) is 0 Å². The average Bonchev–Trinajstić information content (AvgIpc) is 2.69. The quantitative estimate of drug-likeness (QED) is 0.778. The molecule has 96 valence electrons. The molecule has 0 atom stereocenters. The number of carbonyl (C=O) groups is 1. The number of esters is 1. The number of carbonyl (C=O) groups excluding carboxylic acids is 1. The summed E-state index contributed by atoms with van der Waals surface area (Å²) in [7, 11) is 0. The van der Waals surface area contributed by atoms with Crippen LogP contribution in [0.4, 0.5) is 13.2 Å². The predicted octanol–water partition coefficient (Wildman–Crippen LogP) is 3.82. The van der Waals surface area contributed by atoms with E-state index in [1.807, 2.05) is 25.1 Å². The number of rotatable bonds is 2. The van der Waals surface area contributed by atoms with Crippen molar-refractivity contribution < 1.29 is 22.7 Å². The Hall–Kier alpha value is -1.56. The van der Waals surface area contributed by atoms with Crippen molar-refractivity contribution in [3.63, 3.8) is 0 Å². The third-order valence-corrected chi connectivity index (χ3v) is 3.47. The lowest BCUT2D eigenvalue weighted by atomic mass is 10.1. The predicted molar refractivity (Wildman–Crippen MR) is 62.4 cm³/mol. The number of halogens is 3. The number of hydrogen-bond acceptors (Lipinski definition) is 3. The van der Waals surface area contributed by atoms with E-state index in [1.54, 1.807) is 5.38 Å². The topological polar surface area (TPSA) is 26.3 Å². The van der Waals surface area contributed by atoms with Gasteiger partial charge in [-0.25, -0.2) is 4.79 Å². The molecule has 1 aromatic heterocycles. The molecule has 0 N–H and O–H groups in total. The molecule has 18 heavy (non-hydrogen) atoms. The van der Waals surface area contributed by atoms with E-state index >= 15 is 0 Å². The summed E-state index contributed by atoms with van der Waals surface area (Å²) in [4.78, 5) is 10.6. The van der Waals surface area contributed by atoms with Gasteiger partial charge in [0.2, 0.25) is 0 Å². The van der Waals surface area contributed by atoms with E-state index in [0.717, 1.165) is 15.6 Å². The minimum atomic E-state index is -4.94. The van der Waals surface area contributed by atoms with Crippen LogP contribution < -0.4 is 0 Å². The van der Waals surface area contributed by atoms with Gasteiger partial charge in [-0.05, 0) is 23.9 Å². The summed E-state index contributed by atoms with van der Waals surface area (Å²) < 4.78 is 41.2. The van der Waals surface area contributed by atoms with Crippen LogP contribution in [0.15, 0.2) is 23.6 Å². The number of ether oxygens (including phenoxy) is 1. The minimum absolute atomic E-state index is 0.358. The van der Waals surface area contributed by atoms with Crippen LogP contribution in [0.5, 0.6) is 0 Å². The number of alkyl halides is 3. The summed E-state index contributed by atoms with van der Waals surface area (Å²) in [6, 6.07) is 5.62. The lowest BCUT2D eigenvalue weighted by Gasteiger charge is -2.07. The largest absolute Gasteiger partial charge is 0.490 e. The second-order valence-electron chi connectivity index (χ2n) is 3.78. The number of benzene rings is 1. The van der Waals surface area contributed by atoms with Crippen LogP contribution >= 0.6 is 11.3 Å². The lowest BCUT2D eigenvalue weighted by Crippen LogP contribution is -2.25. The first-order valence-electron chi connectivity index (χ1n) is 5.09. The van der Waals surface area contributed by atoms with E-state index in [-0.39, 0.29) is 6.61 Å². The molecule has 0 aliphatic carbocycles. The third-order valence-electron chi connectivity index (χ3n) is 2.47. The van der Waals surface area contributed by atoms with Gasteiger partial charge < -0.3 is 4.74 Å². The Balaban J connectivity index is 2.21. The molecule has 0 amide bonds. The highest BCUT2D eigenvalue weighted by Crippen LogP contribution is 2.29. The zero-order valence-electron chi connectivity index (χ0n) is 9.38. The monoisotopic (exact) mass is 274 g/mol. The van der Waals surface area contributed by atoms with E-state index in [0.29, 0.717) is 5.56 Å². The van der Waals surface area contributed by atoms with Gasteiger partial charge in [-0.2, -0.15) is 13.2 Å². The Kier molecular flexibility index (Phi) is 3.30. The molecule has 0 radical (unpaired) electrons. The van der Waals surface area contributed by atoms with Gasteiger partial charge in [-0.15, -0.1) is 11.3 Å². The van der Waals surface area contributed by atoms with Crippen molar-refractivity contribution in [2.45, 2.75) is 19.7 Å². The van der Waals surface area contributed by atoms with Crippen LogP contribution in [0.1, 0.15) is 11.1 Å². The third kappa shape index (κ3) is 2.48. The fourth-order valence-electron chi connectivity index (χ4n) is 1.68. The van der Waals surface area contributed by atoms with Crippen molar-refractivity contribution >= 4 is 27.4 Å². The van der Waals surface area contributed by atoms with Gasteiger partial charge in [0, 0.05) is 15.6 Å². The first-order chi connectivity index (χ1) is 8.39. The smallest absolute Gasteiger partial charge is 0.454 e. The summed E-state index contributed by atoms with van der Waals surface area (Å²) in [6.45, 7) is 1.51. The molecule has 0 unspecified atom stereocenters. The summed E-state index contributed by atoms with van der Waals surface area (Å²) in [5, 5.41) is 2.57. The zero-order valence-corrected chi connectivity index (χ0v) is 10.2. The fraction of sp³-hybridized carbons (Fsp3) is 0.250. The molecule has 0 saturated heterocycles. The van der Waals surface area contributed by atoms with Crippen molar-refractivity contribution in [3.05, 3.63) is 34.7 Å². The van der Waals surface area contributed by atoms with Crippen LogP contribution in [0.25, 0.3) is 10.1 Å². The van der Waals surface area contributed by atoms with E-state index in [2.05, 4.69) is 4.74 Å². The van der Waals surface area contributed by atoms with Crippen molar-refractivity contribution in [2.75, 3.05) is 0 Å². The summed E-state index contributed by atoms with van der Waals surface area (Å²) >= 11 is 1.41. The van der Waals surface area contributed by atoms with Crippen molar-refractivity contribution in [3.8, 4) is 0 Å². The average molecular weight is 274 g/mol. The molecule has 6 heteroatoms. The van der Waals surface area contributed by atoms with Crippen molar-refractivity contribution in [1.29, 1.82) is 0 Å². The normalized spacial score (nSPS) is 11.8. The number of fused-ring (bicyclic) bond motifs is 1. The first kappa shape index (κ1) is 12.9. The van der Waals surface area contributed by atoms with Crippen LogP contribution in [0, 0.1) is 6.92 Å². The molecule has 0 fully saturated rings. The maximum Gasteiger partial charge on any atom is 0.490 e. The van der Waals surface area contributed by atoms with Crippen molar-refractivity contribution in [2.24, 2.45) is 0 Å². The van der Waals surface area contributed by atoms with Crippen molar-refractivity contribution in [1.82, 2.24) is 0 Å². The van der Waals surface area contributed by atoms with Gasteiger partial charge in [-0.1, -0.05) is 12.1 Å². The van der Waals surface area contributed by atoms with E-state index in [1.165, 1.54) is 11.3 Å². The van der Waals surface area contributed by atoms with E-state index < -0.39 is 12.1 Å². The second kappa shape index (κ2) is 4.61. The molecule has 2 aromatic rings. The SMILES string of the molecule is Cc1cccc2scc(COC(=O)C(F)(F)F)c12. The van der Waals surface area contributed by atoms with E-state index in [4.69, 9.17) is 0 Å². The van der Waals surface area contributed by atoms with Gasteiger partial charge in [0.05, 0.1) is 0 Å². The summed E-state index contributed by atoms with van der Waals surface area (Å²) in [6.07, 6.45) is -4.94. The second-order valence-corrected chi connectivity index (χ2v) is 4.69. The number of thiophene rings is 1. The molecule has 0 bridgehead atoms. The highest BCUT2D eigenvalue weighted by atomic mass is 32.1. The van der Waals surface area contributed by atoms with Gasteiger partial charge in [-0.3, -0.25) is 0 Å². The minimum Gasteiger partial charge on any atom is -0.454 e. The molecule has 0 saturated carbocycles. The van der Waals surface area contributed by atoms with Gasteiger partial charge >= 0.3 is 12.1 Å². The van der Waals surface area contributed by atoms with Crippen LogP contribution in [-0.2, 0) is 16.1 Å². The number of aryl methyl sites for hydroxylation is 1. The molecule has 1 aromatic carbocycles. The molecule has 2 nitrogen and oxygen atoms in total. The van der Waals surface area contributed by atoms with Crippen LogP contribution in [0.3, 0.4) is 0 Å². The summed E-state index contributed by atoms with van der Waals surface area (Å²) in [5.41, 5.74) is 1.55. The first-order valence-corrected chi connectivity index (χ1v) is 5.97. The molecule has 1 heterocycles. The molecule has 2 rings (SSSR count). The number of hydrogen-bond donors (Lipinski definition) is 0. The Labute approximate surface area is 105 Å². The Morgan fingerprint density at radius 1 is 1.39 bits per heavy atom. The molecule has 0 aliphatic rings. The Morgan fingerprint density at radius 2 is 2.11 bits per heavy atom. The highest BCUT2D eigenvalue weighted by Gasteiger charge is 2.40. The summed E-state index contributed by atoms with van der Waals surface area (Å²) in [5.74, 6) is -2.16. The molecular weight excluding hydrogens is 265 g/mol. The molecular formula is C12H9F3O2S. The van der Waals surface area contributed by atoms with Gasteiger partial charge in [0.1, 0.15) is 6.61 Å². The maximum absolute atomic E-state index is 12.0. The highest BCUT2D eigenvalue weighted by molar-refractivity contribution is 7.17. The zero-order chi connectivity index (χ0) is 13.3. The molecule has 0 spiro atoms. The van der Waals surface area contributed by atoms with Gasteiger partial charge in [0.15, 0.2) is 0 Å². The Bertz CT molecular complexity index is 587.